The Morgan fingerprint density at radius 3 is 2.59 bits per heavy atom. The molecule has 2 heterocycles. The first-order valence-corrected chi connectivity index (χ1v) is 8.86. The van der Waals surface area contributed by atoms with Crippen molar-refractivity contribution in [2.45, 2.75) is 19.8 Å². The van der Waals surface area contributed by atoms with Crippen molar-refractivity contribution < 1.29 is 4.79 Å². The molecule has 0 radical (unpaired) electrons. The van der Waals surface area contributed by atoms with Crippen LogP contribution in [0.3, 0.4) is 0 Å². The Balaban J connectivity index is 0.000000400. The number of primary amides is 1. The van der Waals surface area contributed by atoms with Crippen LogP contribution in [0.1, 0.15) is 30.1 Å². The molecule has 1 amide bonds. The van der Waals surface area contributed by atoms with Gasteiger partial charge in [-0.05, 0) is 36.2 Å². The van der Waals surface area contributed by atoms with Crippen molar-refractivity contribution in [1.29, 1.82) is 0 Å². The zero-order valence-electron chi connectivity index (χ0n) is 14.9. The van der Waals surface area contributed by atoms with Crippen molar-refractivity contribution >= 4 is 16.8 Å². The molecule has 1 aliphatic carbocycles. The lowest BCUT2D eigenvalue weighted by atomic mass is 10.0. The van der Waals surface area contributed by atoms with E-state index < -0.39 is 5.91 Å². The topological polar surface area (TPSA) is 113 Å². The molecule has 1 aliphatic rings. The highest BCUT2D eigenvalue weighted by atomic mass is 16.1. The highest BCUT2D eigenvalue weighted by Gasteiger charge is 2.13. The van der Waals surface area contributed by atoms with Gasteiger partial charge in [0.1, 0.15) is 6.33 Å². The van der Waals surface area contributed by atoms with Gasteiger partial charge in [-0.2, -0.15) is 10.2 Å². The summed E-state index contributed by atoms with van der Waals surface area (Å²) in [6.45, 7) is 2.28. The van der Waals surface area contributed by atoms with Gasteiger partial charge in [0.15, 0.2) is 5.82 Å². The summed E-state index contributed by atoms with van der Waals surface area (Å²) >= 11 is 0. The molecule has 136 valence electrons. The Labute approximate surface area is 156 Å². The Hall–Kier alpha value is -3.48. The predicted octanol–water partition coefficient (Wildman–Crippen LogP) is 3.53. The number of aromatic nitrogens is 5. The van der Waals surface area contributed by atoms with Crippen molar-refractivity contribution in [3.05, 3.63) is 54.4 Å². The Bertz CT molecular complexity index is 1080. The second-order valence-corrected chi connectivity index (χ2v) is 6.79. The van der Waals surface area contributed by atoms with Crippen LogP contribution >= 0.6 is 0 Å². The zero-order valence-corrected chi connectivity index (χ0v) is 14.9. The van der Waals surface area contributed by atoms with Gasteiger partial charge in [0, 0.05) is 22.1 Å². The Morgan fingerprint density at radius 2 is 1.93 bits per heavy atom. The van der Waals surface area contributed by atoms with E-state index in [9.17, 15) is 4.79 Å². The maximum Gasteiger partial charge on any atom is 0.248 e. The lowest BCUT2D eigenvalue weighted by molar-refractivity contribution is 0.100. The van der Waals surface area contributed by atoms with E-state index in [-0.39, 0.29) is 0 Å². The lowest BCUT2D eigenvalue weighted by Gasteiger charge is -2.02. The van der Waals surface area contributed by atoms with Crippen LogP contribution in [0.25, 0.3) is 33.5 Å². The molecule has 4 aromatic rings. The van der Waals surface area contributed by atoms with Crippen LogP contribution in [0.4, 0.5) is 0 Å². The summed E-state index contributed by atoms with van der Waals surface area (Å²) in [7, 11) is 0. The van der Waals surface area contributed by atoms with E-state index >= 15 is 0 Å². The molecule has 2 aromatic heterocycles. The van der Waals surface area contributed by atoms with Gasteiger partial charge < -0.3 is 5.73 Å². The molecule has 7 nitrogen and oxygen atoms in total. The molecule has 2 aromatic carbocycles. The molecule has 0 aliphatic heterocycles. The number of hydrogen-bond donors (Lipinski definition) is 3. The summed E-state index contributed by atoms with van der Waals surface area (Å²) in [5, 5.41) is 15.0. The van der Waals surface area contributed by atoms with E-state index in [1.807, 2.05) is 24.3 Å². The third kappa shape index (κ3) is 3.72. The Kier molecular flexibility index (Phi) is 4.42. The standard InChI is InChI=1S/C16H12N6O.C4H8/c17-15(23)10-3-1-2-9(6-10)14-12-7-11(16-18-8-19-22-16)4-5-13(12)20-21-14;1-4-2-3-4/h1-8H,(H2,17,23)(H,20,21)(H,18,19,22);4H,2-3H2,1H3. The quantitative estimate of drug-likeness (QED) is 0.518. The molecule has 0 unspecified atom stereocenters. The van der Waals surface area contributed by atoms with Gasteiger partial charge in [0.2, 0.25) is 5.91 Å². The van der Waals surface area contributed by atoms with Gasteiger partial charge in [-0.15, -0.1) is 0 Å². The molecule has 27 heavy (non-hydrogen) atoms. The number of nitrogens with one attached hydrogen (secondary N) is 2. The van der Waals surface area contributed by atoms with E-state index in [2.05, 4.69) is 32.3 Å². The van der Waals surface area contributed by atoms with Crippen LogP contribution in [0.2, 0.25) is 0 Å². The van der Waals surface area contributed by atoms with Crippen LogP contribution in [0.15, 0.2) is 48.8 Å². The maximum atomic E-state index is 11.4. The SMILES string of the molecule is CC1CC1.NC(=O)c1cccc(-c2n[nH]c3ccc(-c4ncn[nH]4)cc23)c1. The molecular weight excluding hydrogens is 340 g/mol. The second-order valence-electron chi connectivity index (χ2n) is 6.79. The average molecular weight is 360 g/mol. The predicted molar refractivity (Wildman–Crippen MR) is 104 cm³/mol. The van der Waals surface area contributed by atoms with Gasteiger partial charge >= 0.3 is 0 Å². The fourth-order valence-corrected chi connectivity index (χ4v) is 2.71. The fourth-order valence-electron chi connectivity index (χ4n) is 2.71. The van der Waals surface area contributed by atoms with Gasteiger partial charge in [-0.25, -0.2) is 4.98 Å². The van der Waals surface area contributed by atoms with Crippen LogP contribution in [-0.2, 0) is 0 Å². The molecule has 0 spiro atoms. The van der Waals surface area contributed by atoms with Gasteiger partial charge in [-0.1, -0.05) is 31.9 Å². The van der Waals surface area contributed by atoms with Crippen LogP contribution in [-0.4, -0.2) is 31.3 Å². The van der Waals surface area contributed by atoms with E-state index in [1.165, 1.54) is 19.2 Å². The van der Waals surface area contributed by atoms with Crippen LogP contribution in [0.5, 0.6) is 0 Å². The van der Waals surface area contributed by atoms with Crippen LogP contribution < -0.4 is 5.73 Å². The minimum Gasteiger partial charge on any atom is -0.366 e. The van der Waals surface area contributed by atoms with Crippen molar-refractivity contribution in [3.8, 4) is 22.6 Å². The highest BCUT2D eigenvalue weighted by molar-refractivity contribution is 5.98. The molecule has 0 saturated heterocycles. The summed E-state index contributed by atoms with van der Waals surface area (Å²) in [6, 6.07) is 12.9. The average Bonchev–Trinajstić information content (AvgIpc) is 3.16. The molecule has 5 rings (SSSR count). The number of amides is 1. The van der Waals surface area contributed by atoms with Crippen molar-refractivity contribution in [2.75, 3.05) is 0 Å². The zero-order chi connectivity index (χ0) is 18.8. The van der Waals surface area contributed by atoms with Crippen molar-refractivity contribution in [2.24, 2.45) is 11.7 Å². The molecule has 0 bridgehead atoms. The second kappa shape index (κ2) is 7.03. The van der Waals surface area contributed by atoms with E-state index in [1.54, 1.807) is 18.2 Å². The lowest BCUT2D eigenvalue weighted by Crippen LogP contribution is -2.10. The number of rotatable bonds is 3. The summed E-state index contributed by atoms with van der Waals surface area (Å²) in [6.07, 6.45) is 4.44. The number of carbonyl (C=O) groups excluding carboxylic acids is 1. The maximum absolute atomic E-state index is 11.4. The van der Waals surface area contributed by atoms with Gasteiger partial charge in [0.05, 0.1) is 11.2 Å². The fraction of sp³-hybridized carbons (Fsp3) is 0.200. The molecule has 0 atom stereocenters. The van der Waals surface area contributed by atoms with E-state index in [0.717, 1.165) is 33.6 Å². The molecule has 7 heteroatoms. The smallest absolute Gasteiger partial charge is 0.248 e. The molecule has 1 fully saturated rings. The number of fused-ring (bicyclic) bond motifs is 1. The normalized spacial score (nSPS) is 13.2. The Morgan fingerprint density at radius 1 is 1.11 bits per heavy atom. The first kappa shape index (κ1) is 17.0. The first-order valence-electron chi connectivity index (χ1n) is 8.86. The minimum atomic E-state index is -0.464. The summed E-state index contributed by atoms with van der Waals surface area (Å²) in [4.78, 5) is 15.5. The number of aromatic amines is 2. The number of benzene rings is 2. The van der Waals surface area contributed by atoms with Crippen LogP contribution in [0, 0.1) is 5.92 Å². The number of carbonyl (C=O) groups is 1. The number of nitrogens with zero attached hydrogens (tertiary/aromatic N) is 3. The van der Waals surface area contributed by atoms with Gasteiger partial charge in [-0.3, -0.25) is 15.0 Å². The highest BCUT2D eigenvalue weighted by Crippen LogP contribution is 2.29. The molecular formula is C20H20N6O. The third-order valence-corrected chi connectivity index (χ3v) is 4.54. The number of nitrogens with two attached hydrogens (primary N) is 1. The number of H-pyrrole nitrogens is 2. The largest absolute Gasteiger partial charge is 0.366 e. The van der Waals surface area contributed by atoms with Crippen molar-refractivity contribution in [3.63, 3.8) is 0 Å². The first-order chi connectivity index (χ1) is 13.1. The van der Waals surface area contributed by atoms with E-state index in [0.29, 0.717) is 11.4 Å². The molecule has 1 saturated carbocycles. The monoisotopic (exact) mass is 360 g/mol. The summed E-state index contributed by atoms with van der Waals surface area (Å²) in [5.41, 5.74) is 9.18. The third-order valence-electron chi connectivity index (χ3n) is 4.54. The van der Waals surface area contributed by atoms with Crippen molar-refractivity contribution in [1.82, 2.24) is 25.4 Å². The van der Waals surface area contributed by atoms with E-state index in [4.69, 9.17) is 5.73 Å². The van der Waals surface area contributed by atoms with Gasteiger partial charge in [0.25, 0.3) is 0 Å². The summed E-state index contributed by atoms with van der Waals surface area (Å²) in [5.74, 6) is 1.30. The minimum absolute atomic E-state index is 0.449. The summed E-state index contributed by atoms with van der Waals surface area (Å²) < 4.78 is 0. The number of hydrogen-bond acceptors (Lipinski definition) is 4. The molecule has 4 N–H and O–H groups in total.